The largest absolute Gasteiger partial charge is 0.287 e. The normalized spacial score (nSPS) is 12.4. The maximum atomic E-state index is 11.5. The Hall–Kier alpha value is -1.17. The molecule has 0 saturated carbocycles. The van der Waals surface area contributed by atoms with E-state index >= 15 is 0 Å². The molecule has 1 aromatic carbocycles. The maximum absolute atomic E-state index is 11.5. The fraction of sp³-hybridized carbons (Fsp3) is 0.333. The van der Waals surface area contributed by atoms with E-state index in [0.29, 0.717) is 6.61 Å². The third-order valence-electron chi connectivity index (χ3n) is 1.83. The first-order chi connectivity index (χ1) is 7.99. The zero-order valence-electron chi connectivity index (χ0n) is 9.96. The van der Waals surface area contributed by atoms with Crippen LogP contribution in [0.3, 0.4) is 0 Å². The summed E-state index contributed by atoms with van der Waals surface area (Å²) >= 11 is 0. The van der Waals surface area contributed by atoms with E-state index < -0.39 is 10.0 Å². The van der Waals surface area contributed by atoms with Gasteiger partial charge in [0, 0.05) is 5.41 Å². The van der Waals surface area contributed by atoms with Crippen LogP contribution in [0.4, 0.5) is 0 Å². The van der Waals surface area contributed by atoms with Crippen molar-refractivity contribution in [3.05, 3.63) is 41.3 Å². The minimum Gasteiger partial charge on any atom is -0.287 e. The first-order valence-corrected chi connectivity index (χ1v) is 6.91. The summed E-state index contributed by atoms with van der Waals surface area (Å²) in [5.74, 6) is 0.274. The van der Waals surface area contributed by atoms with Crippen molar-refractivity contribution >= 4 is 16.1 Å². The van der Waals surface area contributed by atoms with Gasteiger partial charge >= 0.3 is 0 Å². The summed E-state index contributed by atoms with van der Waals surface area (Å²) in [6, 6.07) is 9.20. The number of sulfonamides is 1. The third kappa shape index (κ3) is 6.21. The highest BCUT2D eigenvalue weighted by Gasteiger charge is 2.05. The lowest BCUT2D eigenvalue weighted by Crippen LogP contribution is -2.23. The second-order valence-electron chi connectivity index (χ2n) is 4.05. The molecule has 1 N–H and O–H groups in total. The summed E-state index contributed by atoms with van der Waals surface area (Å²) in [7, 11) is -3.53. The first kappa shape index (κ1) is 13.9. The van der Waals surface area contributed by atoms with Gasteiger partial charge in [0.05, 0.1) is 6.61 Å². The van der Waals surface area contributed by atoms with Crippen molar-refractivity contribution in [2.24, 2.45) is 5.92 Å². The Morgan fingerprint density at radius 3 is 2.53 bits per heavy atom. The summed E-state index contributed by atoms with van der Waals surface area (Å²) in [5.41, 5.74) is 0.821. The summed E-state index contributed by atoms with van der Waals surface area (Å²) in [4.78, 5) is 6.91. The molecule has 0 aliphatic rings. The quantitative estimate of drug-likeness (QED) is 0.792. The van der Waals surface area contributed by atoms with Gasteiger partial charge in [-0.25, -0.2) is 8.42 Å². The van der Waals surface area contributed by atoms with Gasteiger partial charge in [0.15, 0.2) is 0 Å². The molecule has 0 saturated heterocycles. The van der Waals surface area contributed by atoms with E-state index in [2.05, 4.69) is 0 Å². The van der Waals surface area contributed by atoms with Crippen LogP contribution in [0.15, 0.2) is 35.7 Å². The average Bonchev–Trinajstić information content (AvgIpc) is 2.27. The fourth-order valence-corrected chi connectivity index (χ4v) is 1.67. The third-order valence-corrected chi connectivity index (χ3v) is 2.68. The van der Waals surface area contributed by atoms with E-state index in [-0.39, 0.29) is 5.92 Å². The SMILES string of the molecule is CC(C)CONS(=O)(=O)/C=C/c1ccccc1. The highest BCUT2D eigenvalue weighted by molar-refractivity contribution is 7.92. The second kappa shape index (κ2) is 6.54. The number of hydrogen-bond acceptors (Lipinski definition) is 3. The van der Waals surface area contributed by atoms with E-state index in [1.165, 1.54) is 6.08 Å². The highest BCUT2D eigenvalue weighted by Crippen LogP contribution is 2.02. The molecule has 0 bridgehead atoms. The fourth-order valence-electron chi connectivity index (χ4n) is 1.04. The summed E-state index contributed by atoms with van der Waals surface area (Å²) in [6.45, 7) is 4.22. The molecule has 0 aliphatic heterocycles. The molecular formula is C12H17NO3S. The molecule has 0 fully saturated rings. The smallest absolute Gasteiger partial charge is 0.255 e. The molecule has 4 nitrogen and oxygen atoms in total. The van der Waals surface area contributed by atoms with Crippen molar-refractivity contribution in [3.8, 4) is 0 Å². The predicted molar refractivity (Wildman–Crippen MR) is 68.3 cm³/mol. The molecule has 17 heavy (non-hydrogen) atoms. The second-order valence-corrected chi connectivity index (χ2v) is 5.58. The van der Waals surface area contributed by atoms with Crippen molar-refractivity contribution in [2.75, 3.05) is 6.61 Å². The van der Waals surface area contributed by atoms with Gasteiger partial charge in [0.1, 0.15) is 0 Å². The minimum atomic E-state index is -3.53. The van der Waals surface area contributed by atoms with Crippen LogP contribution < -0.4 is 4.89 Å². The number of rotatable bonds is 6. The molecule has 1 rings (SSSR count). The Balaban J connectivity index is 2.52. The lowest BCUT2D eigenvalue weighted by molar-refractivity contribution is 0.0727. The van der Waals surface area contributed by atoms with Crippen LogP contribution in [0.25, 0.3) is 6.08 Å². The zero-order valence-corrected chi connectivity index (χ0v) is 10.8. The predicted octanol–water partition coefficient (Wildman–Crippen LogP) is 2.16. The maximum Gasteiger partial charge on any atom is 0.255 e. The van der Waals surface area contributed by atoms with Crippen molar-refractivity contribution in [1.82, 2.24) is 4.89 Å². The Morgan fingerprint density at radius 2 is 1.94 bits per heavy atom. The lowest BCUT2D eigenvalue weighted by Gasteiger charge is -2.05. The summed E-state index contributed by atoms with van der Waals surface area (Å²) in [6.07, 6.45) is 1.51. The summed E-state index contributed by atoms with van der Waals surface area (Å²) < 4.78 is 22.9. The van der Waals surface area contributed by atoms with Gasteiger partial charge in [0.2, 0.25) is 0 Å². The van der Waals surface area contributed by atoms with Crippen molar-refractivity contribution in [1.29, 1.82) is 0 Å². The molecule has 0 aliphatic carbocycles. The molecule has 5 heteroatoms. The van der Waals surface area contributed by atoms with Crippen molar-refractivity contribution in [3.63, 3.8) is 0 Å². The molecule has 0 amide bonds. The van der Waals surface area contributed by atoms with E-state index in [1.807, 2.05) is 49.1 Å². The molecule has 94 valence electrons. The molecule has 0 radical (unpaired) electrons. The monoisotopic (exact) mass is 255 g/mol. The topological polar surface area (TPSA) is 55.4 Å². The lowest BCUT2D eigenvalue weighted by atomic mass is 10.2. The molecule has 0 heterocycles. The van der Waals surface area contributed by atoms with Gasteiger partial charge in [-0.3, -0.25) is 4.84 Å². The van der Waals surface area contributed by atoms with Gasteiger partial charge in [-0.05, 0) is 17.6 Å². The van der Waals surface area contributed by atoms with Crippen LogP contribution in [0.2, 0.25) is 0 Å². The molecule has 0 atom stereocenters. The Kier molecular flexibility index (Phi) is 5.34. The number of benzene rings is 1. The van der Waals surface area contributed by atoms with Gasteiger partial charge < -0.3 is 0 Å². The Labute approximate surface area is 102 Å². The summed E-state index contributed by atoms with van der Waals surface area (Å²) in [5, 5.41) is 1.09. The van der Waals surface area contributed by atoms with Gasteiger partial charge in [-0.2, -0.15) is 0 Å². The van der Waals surface area contributed by atoms with Crippen LogP contribution in [0.5, 0.6) is 0 Å². The van der Waals surface area contributed by atoms with E-state index in [4.69, 9.17) is 4.84 Å². The Morgan fingerprint density at radius 1 is 1.29 bits per heavy atom. The van der Waals surface area contributed by atoms with Crippen LogP contribution >= 0.6 is 0 Å². The van der Waals surface area contributed by atoms with Crippen molar-refractivity contribution < 1.29 is 13.3 Å². The molecule has 0 spiro atoms. The van der Waals surface area contributed by atoms with Gasteiger partial charge in [-0.15, -0.1) is 0 Å². The molecule has 0 unspecified atom stereocenters. The first-order valence-electron chi connectivity index (χ1n) is 5.36. The van der Waals surface area contributed by atoms with Crippen molar-refractivity contribution in [2.45, 2.75) is 13.8 Å². The zero-order chi connectivity index (χ0) is 12.7. The standard InChI is InChI=1S/C12H17NO3S/c1-11(2)10-16-13-17(14,15)9-8-12-6-4-3-5-7-12/h3-9,11,13H,10H2,1-2H3/b9-8+. The van der Waals surface area contributed by atoms with Crippen LogP contribution in [-0.2, 0) is 14.9 Å². The highest BCUT2D eigenvalue weighted by atomic mass is 32.2. The molecule has 1 aromatic rings. The van der Waals surface area contributed by atoms with Crippen LogP contribution in [0.1, 0.15) is 19.4 Å². The van der Waals surface area contributed by atoms with Gasteiger partial charge in [-0.1, -0.05) is 49.1 Å². The minimum absolute atomic E-state index is 0.274. The van der Waals surface area contributed by atoms with E-state index in [9.17, 15) is 8.42 Å². The molecule has 0 aromatic heterocycles. The molecular weight excluding hydrogens is 238 g/mol. The number of hydrogen-bond donors (Lipinski definition) is 1. The number of nitrogens with one attached hydrogen (secondary N) is 1. The van der Waals surface area contributed by atoms with Crippen LogP contribution in [-0.4, -0.2) is 15.0 Å². The average molecular weight is 255 g/mol. The van der Waals surface area contributed by atoms with Gasteiger partial charge in [0.25, 0.3) is 10.0 Å². The van der Waals surface area contributed by atoms with E-state index in [0.717, 1.165) is 11.0 Å². The Bertz CT molecular complexity index is 452. The van der Waals surface area contributed by atoms with E-state index in [1.54, 1.807) is 0 Å². The van der Waals surface area contributed by atoms with Crippen LogP contribution in [0, 0.1) is 5.92 Å².